The molecule has 0 saturated carbocycles. The molecule has 142 valence electrons. The van der Waals surface area contributed by atoms with Gasteiger partial charge in [-0.25, -0.2) is 0 Å². The van der Waals surface area contributed by atoms with E-state index in [9.17, 15) is 9.90 Å². The first-order valence-electron chi connectivity index (χ1n) is 8.94. The fourth-order valence-corrected chi connectivity index (χ4v) is 3.40. The predicted molar refractivity (Wildman–Crippen MR) is 106 cm³/mol. The molecule has 1 aliphatic heterocycles. The predicted octanol–water partition coefficient (Wildman–Crippen LogP) is 3.34. The van der Waals surface area contributed by atoms with Crippen molar-refractivity contribution >= 4 is 22.8 Å². The van der Waals surface area contributed by atoms with Gasteiger partial charge >= 0.3 is 0 Å². The number of phenolic OH excluding ortho intramolecular Hbond substituents is 1. The van der Waals surface area contributed by atoms with E-state index in [2.05, 4.69) is 4.98 Å². The quantitative estimate of drug-likeness (QED) is 0.515. The van der Waals surface area contributed by atoms with Gasteiger partial charge in [0.25, 0.3) is 0 Å². The molecule has 0 spiro atoms. The first-order chi connectivity index (χ1) is 14.1. The first kappa shape index (κ1) is 18.3. The summed E-state index contributed by atoms with van der Waals surface area (Å²) in [7, 11) is 0. The van der Waals surface area contributed by atoms with Gasteiger partial charge in [-0.2, -0.15) is 10.5 Å². The molecule has 0 fully saturated rings. The van der Waals surface area contributed by atoms with Crippen LogP contribution in [0.25, 0.3) is 17.0 Å². The number of H-pyrrole nitrogens is 1. The van der Waals surface area contributed by atoms with Gasteiger partial charge in [0.1, 0.15) is 11.5 Å². The lowest BCUT2D eigenvalue weighted by Crippen LogP contribution is -2.24. The average Bonchev–Trinajstić information content (AvgIpc) is 3.26. The number of benzene rings is 2. The number of hydrogen-bond donors (Lipinski definition) is 2. The van der Waals surface area contributed by atoms with E-state index in [1.165, 1.54) is 12.1 Å². The summed E-state index contributed by atoms with van der Waals surface area (Å²) in [6.45, 7) is 0.148. The number of carbonyl (C=O) groups excluding carboxylic acids is 1. The number of nitrogens with one attached hydrogen (secondary N) is 1. The highest BCUT2D eigenvalue weighted by Crippen LogP contribution is 2.40. The van der Waals surface area contributed by atoms with Crippen LogP contribution in [0.1, 0.15) is 21.5 Å². The lowest BCUT2D eigenvalue weighted by molar-refractivity contribution is 0.101. The molecular weight excluding hydrogens is 368 g/mol. The topological polar surface area (TPSA) is 113 Å². The minimum Gasteiger partial charge on any atom is -0.507 e. The summed E-state index contributed by atoms with van der Waals surface area (Å²) < 4.78 is 5.86. The summed E-state index contributed by atoms with van der Waals surface area (Å²) in [5.41, 5.74) is 2.49. The molecule has 2 heterocycles. The van der Waals surface area contributed by atoms with E-state index in [0.29, 0.717) is 11.1 Å². The maximum Gasteiger partial charge on any atom is 0.231 e. The van der Waals surface area contributed by atoms with Crippen LogP contribution in [-0.2, 0) is 6.54 Å². The zero-order valence-corrected chi connectivity index (χ0v) is 15.3. The number of carbonyl (C=O) groups is 1. The minimum atomic E-state index is -0.279. The molecule has 29 heavy (non-hydrogen) atoms. The summed E-state index contributed by atoms with van der Waals surface area (Å²) in [6.07, 6.45) is 3.47. The number of aromatic hydroxyl groups is 1. The number of fused-ring (bicyclic) bond motifs is 2. The van der Waals surface area contributed by atoms with Crippen molar-refractivity contribution in [3.8, 4) is 23.6 Å². The summed E-state index contributed by atoms with van der Waals surface area (Å²) in [5, 5.41) is 29.2. The van der Waals surface area contributed by atoms with Crippen LogP contribution < -0.4 is 4.74 Å². The fraction of sp³-hybridized carbons (Fsp3) is 0.136. The van der Waals surface area contributed by atoms with Gasteiger partial charge in [-0.05, 0) is 24.3 Å². The molecule has 3 aromatic rings. The molecule has 1 aromatic heterocycles. The number of phenols is 1. The van der Waals surface area contributed by atoms with E-state index in [0.717, 1.165) is 16.5 Å². The van der Waals surface area contributed by atoms with Gasteiger partial charge in [0.05, 0.1) is 36.4 Å². The second kappa shape index (κ2) is 7.51. The molecule has 0 saturated heterocycles. The number of para-hydroxylation sites is 1. The zero-order valence-electron chi connectivity index (χ0n) is 15.3. The van der Waals surface area contributed by atoms with Crippen LogP contribution in [0, 0.1) is 22.7 Å². The van der Waals surface area contributed by atoms with E-state index < -0.39 is 0 Å². The number of hydrogen-bond acceptors (Lipinski definition) is 6. The Morgan fingerprint density at radius 1 is 1.14 bits per heavy atom. The number of nitriles is 2. The van der Waals surface area contributed by atoms with Crippen LogP contribution in [0.5, 0.6) is 11.5 Å². The lowest BCUT2D eigenvalue weighted by atomic mass is 10.0. The first-order valence-corrected chi connectivity index (χ1v) is 8.94. The van der Waals surface area contributed by atoms with E-state index in [-0.39, 0.29) is 42.7 Å². The average molecular weight is 384 g/mol. The Hall–Kier alpha value is -4.07. The van der Waals surface area contributed by atoms with Gasteiger partial charge < -0.3 is 14.8 Å². The van der Waals surface area contributed by atoms with Crippen molar-refractivity contribution in [1.29, 1.82) is 10.5 Å². The highest BCUT2D eigenvalue weighted by Gasteiger charge is 2.31. The number of nitrogens with zero attached hydrogens (tertiary/aromatic N) is 3. The molecule has 2 aromatic carbocycles. The maximum atomic E-state index is 12.9. The Kier molecular flexibility index (Phi) is 4.74. The standard InChI is InChI=1S/C22H16N4O3/c23-7-9-26(10-8-24)13-17-19(27)6-5-16-21(28)20(29-22(16)17)11-14-12-25-18-4-2-1-3-15(14)18/h1-6,11-12,25,27H,9-10,13H2. The van der Waals surface area contributed by atoms with Crippen LogP contribution in [0.15, 0.2) is 48.4 Å². The number of aromatic amines is 1. The molecule has 0 amide bonds. The van der Waals surface area contributed by atoms with Crippen molar-refractivity contribution in [2.45, 2.75) is 6.54 Å². The summed E-state index contributed by atoms with van der Waals surface area (Å²) in [4.78, 5) is 17.6. The van der Waals surface area contributed by atoms with Gasteiger partial charge in [-0.15, -0.1) is 0 Å². The Balaban J connectivity index is 1.71. The van der Waals surface area contributed by atoms with Crippen molar-refractivity contribution in [2.75, 3.05) is 13.1 Å². The highest BCUT2D eigenvalue weighted by atomic mass is 16.5. The Bertz CT molecular complexity index is 1210. The minimum absolute atomic E-state index is 0.0165. The molecule has 4 rings (SSSR count). The lowest BCUT2D eigenvalue weighted by Gasteiger charge is -2.17. The van der Waals surface area contributed by atoms with Gasteiger partial charge in [-0.1, -0.05) is 18.2 Å². The summed E-state index contributed by atoms with van der Waals surface area (Å²) in [5.74, 6) is 0.0927. The number of ketones is 1. The van der Waals surface area contributed by atoms with E-state index in [4.69, 9.17) is 15.3 Å². The fourth-order valence-electron chi connectivity index (χ4n) is 3.40. The van der Waals surface area contributed by atoms with Crippen molar-refractivity contribution in [3.05, 3.63) is 65.0 Å². The number of Topliss-reactive ketones (excluding diaryl/α,β-unsaturated/α-hetero) is 1. The largest absolute Gasteiger partial charge is 0.507 e. The Labute approximate surface area is 166 Å². The second-order valence-corrected chi connectivity index (χ2v) is 6.63. The molecule has 0 unspecified atom stereocenters. The molecule has 0 radical (unpaired) electrons. The van der Waals surface area contributed by atoms with Gasteiger partial charge in [0.2, 0.25) is 5.78 Å². The molecule has 0 aliphatic carbocycles. The third kappa shape index (κ3) is 3.31. The smallest absolute Gasteiger partial charge is 0.231 e. The van der Waals surface area contributed by atoms with Crippen molar-refractivity contribution in [3.63, 3.8) is 0 Å². The molecular formula is C22H16N4O3. The van der Waals surface area contributed by atoms with Crippen molar-refractivity contribution < 1.29 is 14.6 Å². The van der Waals surface area contributed by atoms with Gasteiger partial charge in [0, 0.05) is 29.2 Å². The molecule has 0 bridgehead atoms. The normalized spacial score (nSPS) is 14.0. The molecule has 1 aliphatic rings. The Morgan fingerprint density at radius 3 is 2.66 bits per heavy atom. The van der Waals surface area contributed by atoms with E-state index in [1.807, 2.05) is 36.4 Å². The van der Waals surface area contributed by atoms with Crippen LogP contribution in [0.2, 0.25) is 0 Å². The summed E-state index contributed by atoms with van der Waals surface area (Å²) in [6, 6.07) is 14.7. The summed E-state index contributed by atoms with van der Waals surface area (Å²) >= 11 is 0. The maximum absolute atomic E-state index is 12.9. The van der Waals surface area contributed by atoms with Crippen LogP contribution >= 0.6 is 0 Å². The number of allylic oxidation sites excluding steroid dienone is 1. The van der Waals surface area contributed by atoms with Gasteiger partial charge in [-0.3, -0.25) is 9.69 Å². The zero-order chi connectivity index (χ0) is 20.4. The van der Waals surface area contributed by atoms with Gasteiger partial charge in [0.15, 0.2) is 5.76 Å². The SMILES string of the molecule is N#CCN(CC#N)Cc1c(O)ccc2c1OC(=Cc1c[nH]c3ccccc13)C2=O. The highest BCUT2D eigenvalue weighted by molar-refractivity contribution is 6.15. The molecule has 7 nitrogen and oxygen atoms in total. The van der Waals surface area contributed by atoms with Crippen LogP contribution in [0.3, 0.4) is 0 Å². The molecule has 2 N–H and O–H groups in total. The number of ether oxygens (including phenoxy) is 1. The van der Waals surface area contributed by atoms with E-state index in [1.54, 1.807) is 17.2 Å². The number of rotatable bonds is 5. The second-order valence-electron chi connectivity index (χ2n) is 6.63. The van der Waals surface area contributed by atoms with Crippen molar-refractivity contribution in [2.24, 2.45) is 0 Å². The third-order valence-electron chi connectivity index (χ3n) is 4.79. The Morgan fingerprint density at radius 2 is 1.90 bits per heavy atom. The number of aromatic nitrogens is 1. The third-order valence-corrected chi connectivity index (χ3v) is 4.79. The van der Waals surface area contributed by atoms with Crippen molar-refractivity contribution in [1.82, 2.24) is 9.88 Å². The van der Waals surface area contributed by atoms with E-state index >= 15 is 0 Å². The molecule has 7 heteroatoms. The molecule has 0 atom stereocenters. The van der Waals surface area contributed by atoms with Crippen LogP contribution in [0.4, 0.5) is 0 Å². The monoisotopic (exact) mass is 384 g/mol. The van der Waals surface area contributed by atoms with Crippen LogP contribution in [-0.4, -0.2) is 33.9 Å².